The molecule has 0 aromatic carbocycles. The minimum Gasteiger partial charge on any atom is -0.396 e. The summed E-state index contributed by atoms with van der Waals surface area (Å²) >= 11 is 3.28. The van der Waals surface area contributed by atoms with Gasteiger partial charge in [-0.2, -0.15) is 0 Å². The van der Waals surface area contributed by atoms with Gasteiger partial charge >= 0.3 is 0 Å². The Morgan fingerprint density at radius 3 is 2.87 bits per heavy atom. The molecule has 0 aliphatic heterocycles. The predicted octanol–water partition coefficient (Wildman–Crippen LogP) is 1.62. The lowest BCUT2D eigenvalue weighted by Crippen LogP contribution is -2.32. The molecule has 1 heterocycles. The SMILES string of the molecule is CCN(CCCO)C(=O)c1cc(Br)c[nH]1. The molecule has 2 N–H and O–H groups in total. The maximum Gasteiger partial charge on any atom is 0.270 e. The van der Waals surface area contributed by atoms with Crippen LogP contribution in [0.25, 0.3) is 0 Å². The van der Waals surface area contributed by atoms with Crippen LogP contribution in [0.3, 0.4) is 0 Å². The van der Waals surface area contributed by atoms with Crippen LogP contribution < -0.4 is 0 Å². The van der Waals surface area contributed by atoms with Crippen molar-refractivity contribution in [3.05, 3.63) is 22.4 Å². The number of aliphatic hydroxyl groups is 1. The maximum absolute atomic E-state index is 11.9. The molecule has 0 atom stereocenters. The van der Waals surface area contributed by atoms with Gasteiger partial charge in [-0.15, -0.1) is 0 Å². The molecular weight excluding hydrogens is 260 g/mol. The second-order valence-electron chi connectivity index (χ2n) is 3.19. The molecule has 4 nitrogen and oxygen atoms in total. The summed E-state index contributed by atoms with van der Waals surface area (Å²) in [6, 6.07) is 1.75. The highest BCUT2D eigenvalue weighted by molar-refractivity contribution is 9.10. The molecular formula is C10H15BrN2O2. The lowest BCUT2D eigenvalue weighted by Gasteiger charge is -2.19. The lowest BCUT2D eigenvalue weighted by atomic mass is 10.3. The smallest absolute Gasteiger partial charge is 0.270 e. The molecule has 0 aliphatic rings. The minimum atomic E-state index is -0.0309. The number of halogens is 1. The van der Waals surface area contributed by atoms with Gasteiger partial charge < -0.3 is 15.0 Å². The third-order valence-electron chi connectivity index (χ3n) is 2.13. The van der Waals surface area contributed by atoms with E-state index in [-0.39, 0.29) is 12.5 Å². The summed E-state index contributed by atoms with van der Waals surface area (Å²) in [5, 5.41) is 8.71. The predicted molar refractivity (Wildman–Crippen MR) is 61.8 cm³/mol. The normalized spacial score (nSPS) is 10.3. The highest BCUT2D eigenvalue weighted by Gasteiger charge is 2.14. The van der Waals surface area contributed by atoms with E-state index in [0.29, 0.717) is 25.2 Å². The highest BCUT2D eigenvalue weighted by atomic mass is 79.9. The number of carbonyl (C=O) groups is 1. The fraction of sp³-hybridized carbons (Fsp3) is 0.500. The zero-order chi connectivity index (χ0) is 11.3. The van der Waals surface area contributed by atoms with Gasteiger partial charge in [0.25, 0.3) is 5.91 Å². The van der Waals surface area contributed by atoms with Crippen LogP contribution >= 0.6 is 15.9 Å². The van der Waals surface area contributed by atoms with Gasteiger partial charge in [-0.1, -0.05) is 0 Å². The number of nitrogens with zero attached hydrogens (tertiary/aromatic N) is 1. The number of hydrogen-bond acceptors (Lipinski definition) is 2. The summed E-state index contributed by atoms with van der Waals surface area (Å²) in [6.07, 6.45) is 2.34. The maximum atomic E-state index is 11.9. The van der Waals surface area contributed by atoms with Crippen molar-refractivity contribution in [3.8, 4) is 0 Å². The van der Waals surface area contributed by atoms with E-state index in [1.165, 1.54) is 0 Å². The molecule has 0 aliphatic carbocycles. The fourth-order valence-corrected chi connectivity index (χ4v) is 1.67. The Morgan fingerprint density at radius 1 is 1.67 bits per heavy atom. The van der Waals surface area contributed by atoms with E-state index in [0.717, 1.165) is 4.47 Å². The molecule has 0 unspecified atom stereocenters. The third-order valence-corrected chi connectivity index (χ3v) is 2.59. The number of amides is 1. The Bertz CT molecular complexity index is 325. The summed E-state index contributed by atoms with van der Waals surface area (Å²) in [7, 11) is 0. The summed E-state index contributed by atoms with van der Waals surface area (Å²) in [5.41, 5.74) is 0.571. The second kappa shape index (κ2) is 5.92. The number of aromatic amines is 1. The Kier molecular flexibility index (Phi) is 4.84. The third kappa shape index (κ3) is 3.35. The molecule has 1 aromatic rings. The number of H-pyrrole nitrogens is 1. The number of hydrogen-bond donors (Lipinski definition) is 2. The van der Waals surface area contributed by atoms with Crippen LogP contribution in [0.1, 0.15) is 23.8 Å². The van der Waals surface area contributed by atoms with Crippen LogP contribution in [0.4, 0.5) is 0 Å². The van der Waals surface area contributed by atoms with Crippen LogP contribution in [0.5, 0.6) is 0 Å². The zero-order valence-corrected chi connectivity index (χ0v) is 10.2. The van der Waals surface area contributed by atoms with E-state index < -0.39 is 0 Å². The van der Waals surface area contributed by atoms with E-state index >= 15 is 0 Å². The van der Waals surface area contributed by atoms with Crippen LogP contribution in [-0.2, 0) is 0 Å². The van der Waals surface area contributed by atoms with Gasteiger partial charge in [-0.25, -0.2) is 0 Å². The number of aliphatic hydroxyl groups excluding tert-OH is 1. The molecule has 0 fully saturated rings. The lowest BCUT2D eigenvalue weighted by molar-refractivity contribution is 0.0749. The molecule has 1 rings (SSSR count). The number of nitrogens with one attached hydrogen (secondary N) is 1. The van der Waals surface area contributed by atoms with Crippen molar-refractivity contribution in [2.75, 3.05) is 19.7 Å². The van der Waals surface area contributed by atoms with Gasteiger partial charge in [0.2, 0.25) is 0 Å². The average Bonchev–Trinajstić information content (AvgIpc) is 2.65. The Morgan fingerprint density at radius 2 is 2.40 bits per heavy atom. The molecule has 1 amide bonds. The van der Waals surface area contributed by atoms with Gasteiger partial charge in [-0.3, -0.25) is 4.79 Å². The molecule has 1 aromatic heterocycles. The van der Waals surface area contributed by atoms with E-state index in [4.69, 9.17) is 5.11 Å². The van der Waals surface area contributed by atoms with Crippen molar-refractivity contribution in [2.24, 2.45) is 0 Å². The average molecular weight is 275 g/mol. The Balaban J connectivity index is 2.64. The van der Waals surface area contributed by atoms with Gasteiger partial charge in [-0.05, 0) is 35.3 Å². The molecule has 84 valence electrons. The van der Waals surface area contributed by atoms with E-state index in [2.05, 4.69) is 20.9 Å². The highest BCUT2D eigenvalue weighted by Crippen LogP contribution is 2.12. The monoisotopic (exact) mass is 274 g/mol. The fourth-order valence-electron chi connectivity index (χ4n) is 1.33. The second-order valence-corrected chi connectivity index (χ2v) is 4.11. The standard InChI is InChI=1S/C10H15BrN2O2/c1-2-13(4-3-5-14)10(15)9-6-8(11)7-12-9/h6-7,12,14H,2-5H2,1H3. The Hall–Kier alpha value is -0.810. The number of aromatic nitrogens is 1. The van der Waals surface area contributed by atoms with Gasteiger partial charge in [0.05, 0.1) is 0 Å². The molecule has 0 spiro atoms. The van der Waals surface area contributed by atoms with Crippen LogP contribution in [0.2, 0.25) is 0 Å². The topological polar surface area (TPSA) is 56.3 Å². The Labute approximate surface area is 97.4 Å². The van der Waals surface area contributed by atoms with Crippen LogP contribution in [0, 0.1) is 0 Å². The molecule has 0 saturated heterocycles. The summed E-state index contributed by atoms with van der Waals surface area (Å²) in [5.74, 6) is -0.0309. The van der Waals surface area contributed by atoms with Gasteiger partial charge in [0.15, 0.2) is 0 Å². The van der Waals surface area contributed by atoms with Crippen LogP contribution in [-0.4, -0.2) is 40.6 Å². The molecule has 0 radical (unpaired) electrons. The summed E-state index contributed by atoms with van der Waals surface area (Å²) < 4.78 is 0.865. The van der Waals surface area contributed by atoms with Crippen molar-refractivity contribution < 1.29 is 9.90 Å². The first kappa shape index (κ1) is 12.3. The van der Waals surface area contributed by atoms with E-state index in [1.807, 2.05) is 6.92 Å². The molecule has 0 bridgehead atoms. The quantitative estimate of drug-likeness (QED) is 0.858. The molecule has 0 saturated carbocycles. The van der Waals surface area contributed by atoms with Crippen molar-refractivity contribution in [2.45, 2.75) is 13.3 Å². The van der Waals surface area contributed by atoms with E-state index in [1.54, 1.807) is 17.2 Å². The first-order valence-electron chi connectivity index (χ1n) is 4.93. The number of rotatable bonds is 5. The van der Waals surface area contributed by atoms with Crippen LogP contribution in [0.15, 0.2) is 16.7 Å². The van der Waals surface area contributed by atoms with Crippen molar-refractivity contribution in [3.63, 3.8) is 0 Å². The van der Waals surface area contributed by atoms with Gasteiger partial charge in [0.1, 0.15) is 5.69 Å². The molecule has 15 heavy (non-hydrogen) atoms. The van der Waals surface area contributed by atoms with Gasteiger partial charge in [0, 0.05) is 30.4 Å². The summed E-state index contributed by atoms with van der Waals surface area (Å²) in [6.45, 7) is 3.27. The number of carbonyl (C=O) groups excluding carboxylic acids is 1. The van der Waals surface area contributed by atoms with E-state index in [9.17, 15) is 4.79 Å². The van der Waals surface area contributed by atoms with Crippen molar-refractivity contribution in [1.29, 1.82) is 0 Å². The first-order chi connectivity index (χ1) is 7.19. The minimum absolute atomic E-state index is 0.0309. The zero-order valence-electron chi connectivity index (χ0n) is 8.66. The van der Waals surface area contributed by atoms with Crippen molar-refractivity contribution in [1.82, 2.24) is 9.88 Å². The molecule has 5 heteroatoms. The largest absolute Gasteiger partial charge is 0.396 e. The first-order valence-corrected chi connectivity index (χ1v) is 5.72. The summed E-state index contributed by atoms with van der Waals surface area (Å²) in [4.78, 5) is 16.5. The van der Waals surface area contributed by atoms with Crippen molar-refractivity contribution >= 4 is 21.8 Å².